The van der Waals surface area contributed by atoms with Crippen LogP contribution >= 0.6 is 23.2 Å². The molecule has 0 bridgehead atoms. The number of para-hydroxylation sites is 1. The maximum Gasteiger partial charge on any atom is 0.193 e. The molecule has 0 radical (unpaired) electrons. The third kappa shape index (κ3) is 3.16. The van der Waals surface area contributed by atoms with Gasteiger partial charge in [-0.2, -0.15) is 0 Å². The molecule has 1 unspecified atom stereocenters. The maximum absolute atomic E-state index is 5.95. The number of nitrogens with two attached hydrogens (primary N) is 1. The molecule has 2 rings (SSSR count). The van der Waals surface area contributed by atoms with Crippen LogP contribution in [0.3, 0.4) is 0 Å². The molecule has 0 fully saturated rings. The molecule has 90 valence electrons. The molecule has 0 spiro atoms. The van der Waals surface area contributed by atoms with Crippen molar-refractivity contribution >= 4 is 23.2 Å². The van der Waals surface area contributed by atoms with Crippen molar-refractivity contribution in [1.82, 2.24) is 0 Å². The molecule has 5 heteroatoms. The fourth-order valence-corrected chi connectivity index (χ4v) is 1.69. The van der Waals surface area contributed by atoms with E-state index in [2.05, 4.69) is 0 Å². The van der Waals surface area contributed by atoms with Crippen LogP contribution in [0, 0.1) is 0 Å². The van der Waals surface area contributed by atoms with E-state index in [0.717, 1.165) is 0 Å². The number of ether oxygens (including phenoxy) is 1. The molecule has 0 saturated carbocycles. The predicted molar refractivity (Wildman–Crippen MR) is 67.6 cm³/mol. The molecule has 2 aromatic rings. The highest BCUT2D eigenvalue weighted by molar-refractivity contribution is 6.32. The summed E-state index contributed by atoms with van der Waals surface area (Å²) >= 11 is 11.6. The van der Waals surface area contributed by atoms with Crippen LogP contribution in [0.5, 0.6) is 5.75 Å². The van der Waals surface area contributed by atoms with Crippen LogP contribution < -0.4 is 10.5 Å². The van der Waals surface area contributed by atoms with Gasteiger partial charge < -0.3 is 14.9 Å². The smallest absolute Gasteiger partial charge is 0.193 e. The molecule has 0 aliphatic rings. The average Bonchev–Trinajstić information content (AvgIpc) is 2.74. The molecule has 0 aliphatic heterocycles. The lowest BCUT2D eigenvalue weighted by Gasteiger charge is -2.11. The third-order valence-electron chi connectivity index (χ3n) is 2.21. The lowest BCUT2D eigenvalue weighted by Crippen LogP contribution is -2.18. The monoisotopic (exact) mass is 271 g/mol. The first-order chi connectivity index (χ1) is 8.16. The number of furan rings is 1. The van der Waals surface area contributed by atoms with Crippen LogP contribution in [-0.4, -0.2) is 6.61 Å². The van der Waals surface area contributed by atoms with E-state index in [1.165, 1.54) is 0 Å². The van der Waals surface area contributed by atoms with Crippen LogP contribution in [0.4, 0.5) is 0 Å². The minimum atomic E-state index is -0.376. The summed E-state index contributed by atoms with van der Waals surface area (Å²) in [6, 6.07) is 10.2. The second-order valence-electron chi connectivity index (χ2n) is 3.49. The summed E-state index contributed by atoms with van der Waals surface area (Å²) in [6.07, 6.45) is 0. The van der Waals surface area contributed by atoms with Crippen molar-refractivity contribution < 1.29 is 9.15 Å². The lowest BCUT2D eigenvalue weighted by atomic mass is 10.2. The van der Waals surface area contributed by atoms with Crippen molar-refractivity contribution in [3.63, 3.8) is 0 Å². The van der Waals surface area contributed by atoms with E-state index in [4.69, 9.17) is 38.1 Å². The zero-order valence-electron chi connectivity index (χ0n) is 8.90. The summed E-state index contributed by atoms with van der Waals surface area (Å²) in [4.78, 5) is 0. The molecule has 2 N–H and O–H groups in total. The average molecular weight is 272 g/mol. The summed E-state index contributed by atoms with van der Waals surface area (Å²) in [7, 11) is 0. The van der Waals surface area contributed by atoms with E-state index in [-0.39, 0.29) is 12.6 Å². The van der Waals surface area contributed by atoms with Gasteiger partial charge in [0.1, 0.15) is 18.1 Å². The number of hydrogen-bond donors (Lipinski definition) is 1. The van der Waals surface area contributed by atoms with Gasteiger partial charge in [0.05, 0.1) is 11.1 Å². The van der Waals surface area contributed by atoms with Gasteiger partial charge >= 0.3 is 0 Å². The minimum absolute atomic E-state index is 0.271. The summed E-state index contributed by atoms with van der Waals surface area (Å²) < 4.78 is 10.7. The molecule has 1 aromatic carbocycles. The first-order valence-electron chi connectivity index (χ1n) is 5.05. The minimum Gasteiger partial charge on any atom is -0.490 e. The molecule has 0 amide bonds. The van der Waals surface area contributed by atoms with Crippen LogP contribution in [-0.2, 0) is 0 Å². The van der Waals surface area contributed by atoms with Crippen molar-refractivity contribution in [2.75, 3.05) is 6.61 Å². The van der Waals surface area contributed by atoms with Gasteiger partial charge in [-0.1, -0.05) is 23.7 Å². The molecule has 1 heterocycles. The van der Waals surface area contributed by atoms with E-state index in [1.807, 2.05) is 12.1 Å². The fourth-order valence-electron chi connectivity index (χ4n) is 1.35. The van der Waals surface area contributed by atoms with E-state index in [1.54, 1.807) is 24.3 Å². The third-order valence-corrected chi connectivity index (χ3v) is 2.73. The Balaban J connectivity index is 1.97. The number of rotatable bonds is 4. The topological polar surface area (TPSA) is 48.4 Å². The maximum atomic E-state index is 5.95. The van der Waals surface area contributed by atoms with Gasteiger partial charge in [-0.15, -0.1) is 0 Å². The molecule has 1 aromatic heterocycles. The summed E-state index contributed by atoms with van der Waals surface area (Å²) in [5, 5.41) is 0.866. The zero-order valence-corrected chi connectivity index (χ0v) is 10.4. The highest BCUT2D eigenvalue weighted by atomic mass is 35.5. The van der Waals surface area contributed by atoms with Crippen LogP contribution in [0.15, 0.2) is 40.8 Å². The second-order valence-corrected chi connectivity index (χ2v) is 4.27. The van der Waals surface area contributed by atoms with Crippen LogP contribution in [0.25, 0.3) is 0 Å². The molecule has 1 atom stereocenters. The lowest BCUT2D eigenvalue weighted by molar-refractivity contribution is 0.273. The zero-order chi connectivity index (χ0) is 12.3. The first-order valence-corrected chi connectivity index (χ1v) is 5.80. The molecule has 0 aliphatic carbocycles. The van der Waals surface area contributed by atoms with Crippen molar-refractivity contribution in [2.24, 2.45) is 5.73 Å². The van der Waals surface area contributed by atoms with E-state index in [9.17, 15) is 0 Å². The number of hydrogen-bond acceptors (Lipinski definition) is 3. The Bertz CT molecular complexity index is 499. The fraction of sp³-hybridized carbons (Fsp3) is 0.167. The van der Waals surface area contributed by atoms with Crippen molar-refractivity contribution in [1.29, 1.82) is 0 Å². The van der Waals surface area contributed by atoms with Crippen LogP contribution in [0.2, 0.25) is 10.2 Å². The Morgan fingerprint density at radius 1 is 1.18 bits per heavy atom. The van der Waals surface area contributed by atoms with Gasteiger partial charge in [0.2, 0.25) is 0 Å². The number of halogens is 2. The number of benzene rings is 1. The Hall–Kier alpha value is -1.16. The summed E-state index contributed by atoms with van der Waals surface area (Å²) in [5.41, 5.74) is 5.89. The summed E-state index contributed by atoms with van der Waals surface area (Å²) in [6.45, 7) is 0.271. The van der Waals surface area contributed by atoms with Crippen LogP contribution in [0.1, 0.15) is 11.8 Å². The largest absolute Gasteiger partial charge is 0.490 e. The Morgan fingerprint density at radius 2 is 1.94 bits per heavy atom. The van der Waals surface area contributed by atoms with E-state index < -0.39 is 0 Å². The molecule has 0 saturated heterocycles. The molecule has 17 heavy (non-hydrogen) atoms. The Labute approximate surface area is 109 Å². The van der Waals surface area contributed by atoms with Crippen molar-refractivity contribution in [3.05, 3.63) is 52.4 Å². The quantitative estimate of drug-likeness (QED) is 0.923. The highest BCUT2D eigenvalue weighted by Gasteiger charge is 2.12. The van der Waals surface area contributed by atoms with E-state index in [0.29, 0.717) is 21.8 Å². The van der Waals surface area contributed by atoms with Gasteiger partial charge in [-0.3, -0.25) is 0 Å². The highest BCUT2D eigenvalue weighted by Crippen LogP contribution is 2.25. The Kier molecular flexibility index (Phi) is 3.94. The Morgan fingerprint density at radius 3 is 2.59 bits per heavy atom. The molecule has 3 nitrogen and oxygen atoms in total. The van der Waals surface area contributed by atoms with E-state index >= 15 is 0 Å². The van der Waals surface area contributed by atoms with Gasteiger partial charge in [-0.25, -0.2) is 0 Å². The molecular weight excluding hydrogens is 261 g/mol. The predicted octanol–water partition coefficient (Wildman–Crippen LogP) is 3.67. The van der Waals surface area contributed by atoms with Gasteiger partial charge in [0, 0.05) is 0 Å². The SMILES string of the molecule is NC(COc1ccccc1Cl)c1ccc(Cl)o1. The summed E-state index contributed by atoms with van der Waals surface area (Å²) in [5.74, 6) is 1.18. The second kappa shape index (κ2) is 5.45. The van der Waals surface area contributed by atoms with Gasteiger partial charge in [0.25, 0.3) is 0 Å². The normalized spacial score (nSPS) is 12.4. The van der Waals surface area contributed by atoms with Crippen molar-refractivity contribution in [3.8, 4) is 5.75 Å². The standard InChI is InChI=1S/C12H11Cl2NO2/c13-8-3-1-2-4-10(8)16-7-9(15)11-5-6-12(14)17-11/h1-6,9H,7,15H2. The van der Waals surface area contributed by atoms with Gasteiger partial charge in [-0.05, 0) is 35.9 Å². The van der Waals surface area contributed by atoms with Gasteiger partial charge in [0.15, 0.2) is 5.22 Å². The molecular formula is C12H11Cl2NO2. The first kappa shape index (κ1) is 12.3. The van der Waals surface area contributed by atoms with Crippen molar-refractivity contribution in [2.45, 2.75) is 6.04 Å².